The van der Waals surface area contributed by atoms with Gasteiger partial charge in [-0.15, -0.1) is 0 Å². The molecule has 1 N–H and O–H groups in total. The Hall–Kier alpha value is -3.68. The van der Waals surface area contributed by atoms with Crippen LogP contribution in [0.2, 0.25) is 0 Å². The van der Waals surface area contributed by atoms with Crippen molar-refractivity contribution in [3.63, 3.8) is 0 Å². The van der Waals surface area contributed by atoms with E-state index in [1.54, 1.807) is 31.4 Å². The van der Waals surface area contributed by atoms with E-state index in [-0.39, 0.29) is 17.9 Å². The van der Waals surface area contributed by atoms with E-state index in [9.17, 15) is 18.4 Å². The number of nitrogens with zero attached hydrogens (tertiary/aromatic N) is 1. The highest BCUT2D eigenvalue weighted by atomic mass is 19.1. The number of carbonyl (C=O) groups is 1. The monoisotopic (exact) mass is 386 g/mol. The van der Waals surface area contributed by atoms with Gasteiger partial charge in [0.15, 0.2) is 0 Å². The number of hydrogen-bond acceptors (Lipinski definition) is 4. The normalized spacial score (nSPS) is 10.4. The van der Waals surface area contributed by atoms with Crippen LogP contribution >= 0.6 is 0 Å². The van der Waals surface area contributed by atoms with Crippen LogP contribution in [0, 0.1) is 11.6 Å². The Bertz CT molecular complexity index is 1050. The maximum atomic E-state index is 13.7. The van der Waals surface area contributed by atoms with Crippen molar-refractivity contribution >= 4 is 11.6 Å². The van der Waals surface area contributed by atoms with E-state index in [4.69, 9.17) is 9.57 Å². The molecule has 2 aromatic carbocycles. The second-order valence-electron chi connectivity index (χ2n) is 5.75. The molecular weight excluding hydrogens is 370 g/mol. The molecule has 0 atom stereocenters. The molecule has 0 radical (unpaired) electrons. The lowest BCUT2D eigenvalue weighted by Gasteiger charge is -2.11. The van der Waals surface area contributed by atoms with Crippen LogP contribution in [0.15, 0.2) is 65.6 Å². The van der Waals surface area contributed by atoms with E-state index in [1.165, 1.54) is 18.3 Å². The number of halogens is 2. The highest BCUT2D eigenvalue weighted by molar-refractivity contribution is 6.04. The van der Waals surface area contributed by atoms with Crippen molar-refractivity contribution in [2.24, 2.45) is 0 Å². The predicted octanol–water partition coefficient (Wildman–Crippen LogP) is 3.02. The van der Waals surface area contributed by atoms with Crippen LogP contribution < -0.4 is 20.5 Å². The molecule has 0 unspecified atom stereocenters. The smallest absolute Gasteiger partial charge is 0.295 e. The van der Waals surface area contributed by atoms with Gasteiger partial charge < -0.3 is 14.9 Å². The fraction of sp³-hybridized carbons (Fsp3) is 0.100. The molecule has 0 saturated carbocycles. The largest absolute Gasteiger partial charge is 0.497 e. The summed E-state index contributed by atoms with van der Waals surface area (Å²) in [6.07, 6.45) is 1.36. The van der Waals surface area contributed by atoms with Gasteiger partial charge in [0.2, 0.25) is 0 Å². The number of benzene rings is 2. The van der Waals surface area contributed by atoms with Crippen molar-refractivity contribution in [1.29, 1.82) is 0 Å². The Labute approximate surface area is 158 Å². The standard InChI is InChI=1S/C20H16F2N2O4/c1-27-15-7-4-13(5-8-15)12-28-24-10-2-3-16(20(24)26)19(25)23-18-9-6-14(21)11-17(18)22/h2-11H,12H2,1H3,(H,23,25). The first-order valence-electron chi connectivity index (χ1n) is 8.22. The van der Waals surface area contributed by atoms with Crippen molar-refractivity contribution in [3.8, 4) is 5.75 Å². The molecule has 0 fully saturated rings. The molecule has 144 valence electrons. The SMILES string of the molecule is COc1ccc(COn2cccc(C(=O)Nc3ccc(F)cc3F)c2=O)cc1. The number of nitrogens with one attached hydrogen (secondary N) is 1. The molecule has 6 nitrogen and oxygen atoms in total. The van der Waals surface area contributed by atoms with Gasteiger partial charge in [0, 0.05) is 12.3 Å². The molecule has 3 aromatic rings. The second-order valence-corrected chi connectivity index (χ2v) is 5.75. The zero-order chi connectivity index (χ0) is 20.1. The topological polar surface area (TPSA) is 69.6 Å². The third kappa shape index (κ3) is 4.35. The van der Waals surface area contributed by atoms with Gasteiger partial charge in [0.05, 0.1) is 12.8 Å². The Kier molecular flexibility index (Phi) is 5.69. The Morgan fingerprint density at radius 1 is 1.11 bits per heavy atom. The number of amides is 1. The van der Waals surface area contributed by atoms with E-state index in [2.05, 4.69) is 5.32 Å². The van der Waals surface area contributed by atoms with Crippen LogP contribution in [-0.2, 0) is 6.61 Å². The van der Waals surface area contributed by atoms with Crippen molar-refractivity contribution in [2.45, 2.75) is 6.61 Å². The summed E-state index contributed by atoms with van der Waals surface area (Å²) in [5.74, 6) is -1.87. The molecule has 0 aliphatic rings. The lowest BCUT2D eigenvalue weighted by Crippen LogP contribution is -2.32. The van der Waals surface area contributed by atoms with Gasteiger partial charge in [-0.25, -0.2) is 8.78 Å². The summed E-state index contributed by atoms with van der Waals surface area (Å²) in [7, 11) is 1.55. The summed E-state index contributed by atoms with van der Waals surface area (Å²) in [5, 5.41) is 2.24. The minimum atomic E-state index is -0.944. The van der Waals surface area contributed by atoms with Crippen LogP contribution in [0.4, 0.5) is 14.5 Å². The summed E-state index contributed by atoms with van der Waals surface area (Å²) >= 11 is 0. The van der Waals surface area contributed by atoms with Gasteiger partial charge in [0.25, 0.3) is 11.5 Å². The number of rotatable bonds is 6. The number of carbonyl (C=O) groups excluding carboxylic acids is 1. The van der Waals surface area contributed by atoms with Crippen LogP contribution in [0.5, 0.6) is 5.75 Å². The highest BCUT2D eigenvalue weighted by Crippen LogP contribution is 2.15. The van der Waals surface area contributed by atoms with Gasteiger partial charge in [-0.05, 0) is 42.0 Å². The first kappa shape index (κ1) is 19.1. The van der Waals surface area contributed by atoms with E-state index in [1.807, 2.05) is 0 Å². The minimum absolute atomic E-state index is 0.0849. The van der Waals surface area contributed by atoms with Crippen LogP contribution in [-0.4, -0.2) is 17.7 Å². The molecule has 0 spiro atoms. The molecule has 8 heteroatoms. The third-order valence-electron chi connectivity index (χ3n) is 3.87. The molecule has 1 amide bonds. The maximum absolute atomic E-state index is 13.7. The molecule has 0 saturated heterocycles. The first-order valence-corrected chi connectivity index (χ1v) is 8.22. The van der Waals surface area contributed by atoms with Gasteiger partial charge in [-0.1, -0.05) is 12.1 Å². The van der Waals surface area contributed by atoms with Crippen molar-refractivity contribution in [1.82, 2.24) is 4.73 Å². The van der Waals surface area contributed by atoms with Crippen molar-refractivity contribution in [3.05, 3.63) is 93.9 Å². The number of ether oxygens (including phenoxy) is 1. The Morgan fingerprint density at radius 2 is 1.86 bits per heavy atom. The average Bonchev–Trinajstić information content (AvgIpc) is 2.69. The van der Waals surface area contributed by atoms with E-state index in [0.29, 0.717) is 11.8 Å². The van der Waals surface area contributed by atoms with Crippen LogP contribution in [0.1, 0.15) is 15.9 Å². The summed E-state index contributed by atoms with van der Waals surface area (Å²) in [5.41, 5.74) is -0.409. The lowest BCUT2D eigenvalue weighted by atomic mass is 10.2. The summed E-state index contributed by atoms with van der Waals surface area (Å²) in [4.78, 5) is 30.2. The fourth-order valence-corrected chi connectivity index (χ4v) is 2.40. The number of methoxy groups -OCH3 is 1. The predicted molar refractivity (Wildman–Crippen MR) is 98.3 cm³/mol. The number of aromatic nitrogens is 1. The molecule has 1 heterocycles. The third-order valence-corrected chi connectivity index (χ3v) is 3.87. The number of hydrogen-bond donors (Lipinski definition) is 1. The summed E-state index contributed by atoms with van der Waals surface area (Å²) in [6, 6.07) is 12.5. The fourth-order valence-electron chi connectivity index (χ4n) is 2.40. The molecule has 0 bridgehead atoms. The Balaban J connectivity index is 1.74. The summed E-state index contributed by atoms with van der Waals surface area (Å²) < 4.78 is 32.6. The van der Waals surface area contributed by atoms with Gasteiger partial charge in [-0.3, -0.25) is 9.59 Å². The zero-order valence-corrected chi connectivity index (χ0v) is 14.8. The first-order chi connectivity index (χ1) is 13.5. The molecule has 3 rings (SSSR count). The average molecular weight is 386 g/mol. The van der Waals surface area contributed by atoms with E-state index >= 15 is 0 Å². The zero-order valence-electron chi connectivity index (χ0n) is 14.8. The van der Waals surface area contributed by atoms with Crippen molar-refractivity contribution in [2.75, 3.05) is 12.4 Å². The molecule has 0 aliphatic carbocycles. The molecule has 28 heavy (non-hydrogen) atoms. The van der Waals surface area contributed by atoms with Crippen LogP contribution in [0.3, 0.4) is 0 Å². The molecular formula is C20H16F2N2O4. The van der Waals surface area contributed by atoms with Crippen LogP contribution in [0.25, 0.3) is 0 Å². The highest BCUT2D eigenvalue weighted by Gasteiger charge is 2.15. The number of anilines is 1. The van der Waals surface area contributed by atoms with Gasteiger partial charge in [0.1, 0.15) is 29.6 Å². The maximum Gasteiger partial charge on any atom is 0.295 e. The van der Waals surface area contributed by atoms with Crippen molar-refractivity contribution < 1.29 is 23.1 Å². The molecule has 0 aliphatic heterocycles. The Morgan fingerprint density at radius 3 is 2.54 bits per heavy atom. The molecule has 1 aromatic heterocycles. The van der Waals surface area contributed by atoms with Gasteiger partial charge >= 0.3 is 0 Å². The quantitative estimate of drug-likeness (QED) is 0.707. The van der Waals surface area contributed by atoms with E-state index < -0.39 is 23.1 Å². The minimum Gasteiger partial charge on any atom is -0.497 e. The second kappa shape index (κ2) is 8.34. The van der Waals surface area contributed by atoms with E-state index in [0.717, 1.165) is 22.4 Å². The van der Waals surface area contributed by atoms with Gasteiger partial charge in [-0.2, -0.15) is 4.73 Å². The lowest BCUT2D eigenvalue weighted by molar-refractivity contribution is 0.0863. The number of pyridine rings is 1. The summed E-state index contributed by atoms with van der Waals surface area (Å²) in [6.45, 7) is 0.0849.